The molecule has 0 bridgehead atoms. The summed E-state index contributed by atoms with van der Waals surface area (Å²) in [5.41, 5.74) is 7.55. The first kappa shape index (κ1) is 24.5. The van der Waals surface area contributed by atoms with E-state index in [-0.39, 0.29) is 23.2 Å². The van der Waals surface area contributed by atoms with Crippen molar-refractivity contribution in [1.29, 1.82) is 0 Å². The second-order valence-electron chi connectivity index (χ2n) is 13.0. The van der Waals surface area contributed by atoms with E-state index in [1.54, 1.807) is 6.92 Å². The maximum Gasteiger partial charge on any atom is 0.161 e. The standard InChI is InChI=1S/C27H47NO5/c1-15(29)19-9-12-27(28)21-6-5-17-13-18(33-23-14-22(30)24(31)16(2)32-23)7-10-25(17,3)20(21)8-11-26(19,27)4/h15-24,29-31H,5-14,28H2,1-4H3/t15-,16+,17+,18-,19+,20-,21+,22-,23+,24+,25-,26+,27-/m0/s1. The van der Waals surface area contributed by atoms with Crippen molar-refractivity contribution in [3.05, 3.63) is 0 Å². The molecule has 1 saturated heterocycles. The fraction of sp³-hybridized carbons (Fsp3) is 1.00. The summed E-state index contributed by atoms with van der Waals surface area (Å²) in [7, 11) is 0. The van der Waals surface area contributed by atoms with Gasteiger partial charge in [0, 0.05) is 12.0 Å². The number of hydrogen-bond acceptors (Lipinski definition) is 6. The zero-order chi connectivity index (χ0) is 23.8. The van der Waals surface area contributed by atoms with Crippen LogP contribution in [0.2, 0.25) is 0 Å². The first-order chi connectivity index (χ1) is 15.5. The lowest BCUT2D eigenvalue weighted by atomic mass is 9.42. The number of aliphatic hydroxyl groups is 3. The highest BCUT2D eigenvalue weighted by Gasteiger charge is 2.66. The van der Waals surface area contributed by atoms with Gasteiger partial charge in [0.25, 0.3) is 0 Å². The predicted molar refractivity (Wildman–Crippen MR) is 126 cm³/mol. The first-order valence-electron chi connectivity index (χ1n) is 13.6. The monoisotopic (exact) mass is 465 g/mol. The molecule has 0 amide bonds. The van der Waals surface area contributed by atoms with Gasteiger partial charge in [0.2, 0.25) is 0 Å². The average Bonchev–Trinajstić information content (AvgIpc) is 3.04. The van der Waals surface area contributed by atoms with E-state index < -0.39 is 24.6 Å². The molecule has 0 unspecified atom stereocenters. The molecule has 4 saturated carbocycles. The average molecular weight is 466 g/mol. The molecule has 6 nitrogen and oxygen atoms in total. The van der Waals surface area contributed by atoms with Crippen molar-refractivity contribution in [2.75, 3.05) is 0 Å². The minimum absolute atomic E-state index is 0.0479. The summed E-state index contributed by atoms with van der Waals surface area (Å²) in [6.45, 7) is 8.66. The maximum absolute atomic E-state index is 10.5. The van der Waals surface area contributed by atoms with Crippen LogP contribution in [0, 0.1) is 34.5 Å². The summed E-state index contributed by atoms with van der Waals surface area (Å²) >= 11 is 0. The van der Waals surface area contributed by atoms with E-state index in [2.05, 4.69) is 13.8 Å². The van der Waals surface area contributed by atoms with Crippen molar-refractivity contribution in [3.8, 4) is 0 Å². The van der Waals surface area contributed by atoms with Gasteiger partial charge in [-0.3, -0.25) is 0 Å². The molecule has 5 aliphatic rings. The highest BCUT2D eigenvalue weighted by atomic mass is 16.7. The van der Waals surface area contributed by atoms with Crippen LogP contribution in [-0.4, -0.2) is 57.7 Å². The lowest BCUT2D eigenvalue weighted by Gasteiger charge is -2.64. The number of ether oxygens (including phenoxy) is 2. The second kappa shape index (κ2) is 8.41. The Hall–Kier alpha value is -0.240. The molecule has 4 aliphatic carbocycles. The van der Waals surface area contributed by atoms with Crippen LogP contribution in [0.15, 0.2) is 0 Å². The summed E-state index contributed by atoms with van der Waals surface area (Å²) in [6, 6.07) is 0. The molecule has 6 heteroatoms. The van der Waals surface area contributed by atoms with E-state index >= 15 is 0 Å². The zero-order valence-corrected chi connectivity index (χ0v) is 21.1. The minimum Gasteiger partial charge on any atom is -0.393 e. The normalized spacial score (nSPS) is 57.6. The lowest BCUT2D eigenvalue weighted by Crippen LogP contribution is -2.67. The fourth-order valence-electron chi connectivity index (χ4n) is 9.56. The van der Waals surface area contributed by atoms with Gasteiger partial charge in [-0.25, -0.2) is 0 Å². The van der Waals surface area contributed by atoms with Crippen LogP contribution in [0.1, 0.15) is 91.9 Å². The summed E-state index contributed by atoms with van der Waals surface area (Å²) in [5, 5.41) is 30.6. The Bertz CT molecular complexity index is 721. The molecular weight excluding hydrogens is 418 g/mol. The third kappa shape index (κ3) is 3.65. The SMILES string of the molecule is C[C@H](O)[C@H]1CC[C@]2(N)[C@@H]3CC[C@@H]4C[C@@H](O[C@@H]5C[C@H](O)[C@H](O)[C@@H](C)O5)CC[C@]4(C)[C@H]3CC[C@]12C. The van der Waals surface area contributed by atoms with Crippen molar-refractivity contribution >= 4 is 0 Å². The Kier molecular flexibility index (Phi) is 6.24. The predicted octanol–water partition coefficient (Wildman–Crippen LogP) is 3.35. The molecule has 0 spiro atoms. The van der Waals surface area contributed by atoms with E-state index in [4.69, 9.17) is 15.2 Å². The van der Waals surface area contributed by atoms with Crippen LogP contribution in [0.25, 0.3) is 0 Å². The van der Waals surface area contributed by atoms with Crippen LogP contribution < -0.4 is 5.73 Å². The number of fused-ring (bicyclic) bond motifs is 5. The zero-order valence-electron chi connectivity index (χ0n) is 21.1. The Morgan fingerprint density at radius 1 is 0.970 bits per heavy atom. The van der Waals surface area contributed by atoms with Gasteiger partial charge in [-0.2, -0.15) is 0 Å². The molecule has 1 heterocycles. The Balaban J connectivity index is 1.28. The van der Waals surface area contributed by atoms with Gasteiger partial charge >= 0.3 is 0 Å². The van der Waals surface area contributed by atoms with Crippen LogP contribution in [0.3, 0.4) is 0 Å². The van der Waals surface area contributed by atoms with E-state index in [1.165, 1.54) is 19.3 Å². The van der Waals surface area contributed by atoms with Gasteiger partial charge < -0.3 is 30.5 Å². The van der Waals surface area contributed by atoms with Crippen molar-refractivity contribution in [3.63, 3.8) is 0 Å². The van der Waals surface area contributed by atoms with E-state index in [0.717, 1.165) is 38.5 Å². The number of rotatable bonds is 3. The van der Waals surface area contributed by atoms with Gasteiger partial charge in [-0.1, -0.05) is 13.8 Å². The molecule has 5 rings (SSSR count). The smallest absolute Gasteiger partial charge is 0.161 e. The van der Waals surface area contributed by atoms with Gasteiger partial charge in [0.05, 0.1) is 24.4 Å². The summed E-state index contributed by atoms with van der Waals surface area (Å²) in [4.78, 5) is 0. The minimum atomic E-state index is -0.834. The van der Waals surface area contributed by atoms with Gasteiger partial charge in [-0.15, -0.1) is 0 Å². The van der Waals surface area contributed by atoms with Crippen LogP contribution >= 0.6 is 0 Å². The Morgan fingerprint density at radius 2 is 1.73 bits per heavy atom. The molecule has 5 fully saturated rings. The summed E-state index contributed by atoms with van der Waals surface area (Å²) in [5.74, 6) is 2.17. The third-order valence-electron chi connectivity index (χ3n) is 11.6. The van der Waals surface area contributed by atoms with Gasteiger partial charge in [0.1, 0.15) is 6.10 Å². The molecule has 0 aromatic carbocycles. The second-order valence-corrected chi connectivity index (χ2v) is 13.0. The number of hydrogen-bond donors (Lipinski definition) is 4. The van der Waals surface area contributed by atoms with Crippen molar-refractivity contribution < 1.29 is 24.8 Å². The fourth-order valence-corrected chi connectivity index (χ4v) is 9.56. The number of aliphatic hydroxyl groups excluding tert-OH is 3. The molecule has 0 aromatic rings. The van der Waals surface area contributed by atoms with Gasteiger partial charge in [0.15, 0.2) is 6.29 Å². The molecule has 1 aliphatic heterocycles. The van der Waals surface area contributed by atoms with Crippen LogP contribution in [0.5, 0.6) is 0 Å². The maximum atomic E-state index is 10.5. The lowest BCUT2D eigenvalue weighted by molar-refractivity contribution is -0.268. The molecule has 0 aromatic heterocycles. The third-order valence-corrected chi connectivity index (χ3v) is 11.6. The molecule has 13 atom stereocenters. The van der Waals surface area contributed by atoms with Crippen molar-refractivity contribution in [1.82, 2.24) is 0 Å². The van der Waals surface area contributed by atoms with Crippen LogP contribution in [0.4, 0.5) is 0 Å². The molecule has 0 radical (unpaired) electrons. The van der Waals surface area contributed by atoms with Crippen molar-refractivity contribution in [2.45, 2.75) is 134 Å². The van der Waals surface area contributed by atoms with Crippen LogP contribution in [-0.2, 0) is 9.47 Å². The van der Waals surface area contributed by atoms with Crippen molar-refractivity contribution in [2.24, 2.45) is 40.2 Å². The van der Waals surface area contributed by atoms with E-state index in [9.17, 15) is 15.3 Å². The first-order valence-corrected chi connectivity index (χ1v) is 13.6. The quantitative estimate of drug-likeness (QED) is 0.477. The van der Waals surface area contributed by atoms with E-state index in [1.807, 2.05) is 6.92 Å². The Morgan fingerprint density at radius 3 is 2.42 bits per heavy atom. The summed E-state index contributed by atoms with van der Waals surface area (Å²) in [6.07, 6.45) is 7.88. The molecule has 5 N–H and O–H groups in total. The van der Waals surface area contributed by atoms with Gasteiger partial charge in [-0.05, 0) is 106 Å². The summed E-state index contributed by atoms with van der Waals surface area (Å²) < 4.78 is 12.2. The molecule has 33 heavy (non-hydrogen) atoms. The topological polar surface area (TPSA) is 105 Å². The Labute approximate surface area is 199 Å². The highest BCUT2D eigenvalue weighted by Crippen LogP contribution is 2.68. The molecular formula is C27H47NO5. The number of nitrogens with two attached hydrogens (primary N) is 1. The molecule has 190 valence electrons. The van der Waals surface area contributed by atoms with E-state index in [0.29, 0.717) is 35.5 Å². The highest BCUT2D eigenvalue weighted by molar-refractivity contribution is 5.19. The largest absolute Gasteiger partial charge is 0.393 e.